The van der Waals surface area contributed by atoms with Gasteiger partial charge in [-0.15, -0.1) is 0 Å². The second kappa shape index (κ2) is 4.93. The van der Waals surface area contributed by atoms with E-state index in [9.17, 15) is 4.39 Å². The lowest BCUT2D eigenvalue weighted by atomic mass is 10.0. The Morgan fingerprint density at radius 1 is 1.19 bits per heavy atom. The van der Waals surface area contributed by atoms with Crippen molar-refractivity contribution in [3.8, 4) is 0 Å². The molecule has 1 saturated carbocycles. The molecule has 2 rings (SSSR count). The van der Waals surface area contributed by atoms with Crippen LogP contribution in [-0.2, 0) is 11.3 Å². The molecule has 0 amide bonds. The molecule has 0 spiro atoms. The van der Waals surface area contributed by atoms with Crippen LogP contribution in [0.3, 0.4) is 0 Å². The standard InChI is InChI=1S/C13H18FNO/c14-12-5-3-11(4-6-12)9-16-10-13(15)7-1-2-8-13/h3-6H,1-2,7-10,15H2. The number of nitrogens with two attached hydrogens (primary N) is 1. The molecule has 0 saturated heterocycles. The molecule has 1 aliphatic carbocycles. The summed E-state index contributed by atoms with van der Waals surface area (Å²) in [6, 6.07) is 6.39. The largest absolute Gasteiger partial charge is 0.375 e. The maximum Gasteiger partial charge on any atom is 0.123 e. The molecule has 1 aliphatic rings. The van der Waals surface area contributed by atoms with Crippen LogP contribution in [0.4, 0.5) is 4.39 Å². The summed E-state index contributed by atoms with van der Waals surface area (Å²) in [5, 5.41) is 0. The van der Waals surface area contributed by atoms with Gasteiger partial charge in [-0.05, 0) is 30.5 Å². The van der Waals surface area contributed by atoms with Crippen LogP contribution in [-0.4, -0.2) is 12.1 Å². The lowest BCUT2D eigenvalue weighted by molar-refractivity contribution is 0.0750. The molecular weight excluding hydrogens is 205 g/mol. The zero-order valence-electron chi connectivity index (χ0n) is 9.42. The lowest BCUT2D eigenvalue weighted by Gasteiger charge is -2.23. The summed E-state index contributed by atoms with van der Waals surface area (Å²) in [6.07, 6.45) is 4.51. The van der Waals surface area contributed by atoms with E-state index in [2.05, 4.69) is 0 Å². The van der Waals surface area contributed by atoms with Crippen LogP contribution in [0.5, 0.6) is 0 Å². The first-order valence-corrected chi connectivity index (χ1v) is 5.79. The molecule has 0 atom stereocenters. The van der Waals surface area contributed by atoms with Crippen LogP contribution in [0.1, 0.15) is 31.2 Å². The van der Waals surface area contributed by atoms with Crippen molar-refractivity contribution in [2.45, 2.75) is 37.8 Å². The molecule has 16 heavy (non-hydrogen) atoms. The second-order valence-corrected chi connectivity index (χ2v) is 4.69. The van der Waals surface area contributed by atoms with E-state index in [1.165, 1.54) is 25.0 Å². The predicted octanol–water partition coefficient (Wildman–Crippen LogP) is 2.61. The third kappa shape index (κ3) is 3.03. The molecule has 88 valence electrons. The van der Waals surface area contributed by atoms with Crippen LogP contribution < -0.4 is 5.73 Å². The third-order valence-corrected chi connectivity index (χ3v) is 3.17. The van der Waals surface area contributed by atoms with Gasteiger partial charge in [-0.3, -0.25) is 0 Å². The normalized spacial score (nSPS) is 18.9. The summed E-state index contributed by atoms with van der Waals surface area (Å²) < 4.78 is 18.3. The van der Waals surface area contributed by atoms with Gasteiger partial charge in [0.25, 0.3) is 0 Å². The highest BCUT2D eigenvalue weighted by Gasteiger charge is 2.29. The lowest BCUT2D eigenvalue weighted by Crippen LogP contribution is -2.41. The summed E-state index contributed by atoms with van der Waals surface area (Å²) in [7, 11) is 0. The zero-order chi connectivity index (χ0) is 11.4. The van der Waals surface area contributed by atoms with Crippen molar-refractivity contribution in [3.05, 3.63) is 35.6 Å². The van der Waals surface area contributed by atoms with Gasteiger partial charge in [0.05, 0.1) is 13.2 Å². The van der Waals surface area contributed by atoms with E-state index in [4.69, 9.17) is 10.5 Å². The van der Waals surface area contributed by atoms with Crippen molar-refractivity contribution in [2.75, 3.05) is 6.61 Å². The van der Waals surface area contributed by atoms with Crippen molar-refractivity contribution >= 4 is 0 Å². The molecule has 0 bridgehead atoms. The highest BCUT2D eigenvalue weighted by Crippen LogP contribution is 2.27. The van der Waals surface area contributed by atoms with Crippen molar-refractivity contribution in [1.29, 1.82) is 0 Å². The summed E-state index contributed by atoms with van der Waals surface area (Å²) >= 11 is 0. The number of hydrogen-bond donors (Lipinski definition) is 1. The molecule has 1 fully saturated rings. The van der Waals surface area contributed by atoms with Gasteiger partial charge in [-0.1, -0.05) is 25.0 Å². The quantitative estimate of drug-likeness (QED) is 0.851. The monoisotopic (exact) mass is 223 g/mol. The van der Waals surface area contributed by atoms with Gasteiger partial charge in [0.1, 0.15) is 5.82 Å². The molecule has 0 aliphatic heterocycles. The fraction of sp³-hybridized carbons (Fsp3) is 0.538. The van der Waals surface area contributed by atoms with E-state index in [0.29, 0.717) is 13.2 Å². The smallest absolute Gasteiger partial charge is 0.123 e. The van der Waals surface area contributed by atoms with Crippen molar-refractivity contribution in [1.82, 2.24) is 0 Å². The highest BCUT2D eigenvalue weighted by atomic mass is 19.1. The molecule has 0 unspecified atom stereocenters. The molecule has 0 radical (unpaired) electrons. The van der Waals surface area contributed by atoms with Gasteiger partial charge < -0.3 is 10.5 Å². The topological polar surface area (TPSA) is 35.2 Å². The Kier molecular flexibility index (Phi) is 3.56. The van der Waals surface area contributed by atoms with Crippen molar-refractivity contribution < 1.29 is 9.13 Å². The molecule has 0 heterocycles. The Morgan fingerprint density at radius 3 is 2.44 bits per heavy atom. The average molecular weight is 223 g/mol. The summed E-state index contributed by atoms with van der Waals surface area (Å²) in [5.74, 6) is -0.213. The average Bonchev–Trinajstić information content (AvgIpc) is 2.69. The second-order valence-electron chi connectivity index (χ2n) is 4.69. The van der Waals surface area contributed by atoms with Crippen LogP contribution >= 0.6 is 0 Å². The molecule has 1 aromatic carbocycles. The van der Waals surface area contributed by atoms with Gasteiger partial charge in [0.2, 0.25) is 0 Å². The maximum absolute atomic E-state index is 12.7. The van der Waals surface area contributed by atoms with Gasteiger partial charge in [0, 0.05) is 5.54 Å². The van der Waals surface area contributed by atoms with Gasteiger partial charge >= 0.3 is 0 Å². The van der Waals surface area contributed by atoms with Gasteiger partial charge in [0.15, 0.2) is 0 Å². The SMILES string of the molecule is NC1(COCc2ccc(F)cc2)CCCC1. The number of ether oxygens (including phenoxy) is 1. The minimum Gasteiger partial charge on any atom is -0.375 e. The molecule has 2 nitrogen and oxygen atoms in total. The van der Waals surface area contributed by atoms with E-state index in [1.807, 2.05) is 0 Å². The number of benzene rings is 1. The molecule has 0 aromatic heterocycles. The number of hydrogen-bond acceptors (Lipinski definition) is 2. The fourth-order valence-corrected chi connectivity index (χ4v) is 2.18. The van der Waals surface area contributed by atoms with E-state index < -0.39 is 0 Å². The molecule has 1 aromatic rings. The van der Waals surface area contributed by atoms with Crippen molar-refractivity contribution in [3.63, 3.8) is 0 Å². The Bertz CT molecular complexity index is 330. The van der Waals surface area contributed by atoms with Crippen LogP contribution in [0.25, 0.3) is 0 Å². The maximum atomic E-state index is 12.7. The first kappa shape index (κ1) is 11.6. The van der Waals surface area contributed by atoms with Gasteiger partial charge in [-0.25, -0.2) is 4.39 Å². The predicted molar refractivity (Wildman–Crippen MR) is 61.4 cm³/mol. The molecule has 2 N–H and O–H groups in total. The third-order valence-electron chi connectivity index (χ3n) is 3.17. The van der Waals surface area contributed by atoms with E-state index in [-0.39, 0.29) is 11.4 Å². The fourth-order valence-electron chi connectivity index (χ4n) is 2.18. The Balaban J connectivity index is 1.77. The Morgan fingerprint density at radius 2 is 1.81 bits per heavy atom. The summed E-state index contributed by atoms with van der Waals surface area (Å²) in [5.41, 5.74) is 7.03. The van der Waals surface area contributed by atoms with Crippen molar-refractivity contribution in [2.24, 2.45) is 5.73 Å². The van der Waals surface area contributed by atoms with E-state index in [0.717, 1.165) is 18.4 Å². The molecule has 3 heteroatoms. The minimum atomic E-state index is -0.213. The first-order chi connectivity index (χ1) is 7.68. The summed E-state index contributed by atoms with van der Waals surface area (Å²) in [6.45, 7) is 1.11. The van der Waals surface area contributed by atoms with E-state index in [1.54, 1.807) is 12.1 Å². The highest BCUT2D eigenvalue weighted by molar-refractivity contribution is 5.15. The Hall–Kier alpha value is -0.930. The van der Waals surface area contributed by atoms with Crippen LogP contribution in [0.2, 0.25) is 0 Å². The summed E-state index contributed by atoms with van der Waals surface area (Å²) in [4.78, 5) is 0. The first-order valence-electron chi connectivity index (χ1n) is 5.79. The van der Waals surface area contributed by atoms with Crippen LogP contribution in [0.15, 0.2) is 24.3 Å². The molecular formula is C13H18FNO. The van der Waals surface area contributed by atoms with E-state index >= 15 is 0 Å². The zero-order valence-corrected chi connectivity index (χ0v) is 9.42. The number of halogens is 1. The minimum absolute atomic E-state index is 0.125. The number of rotatable bonds is 4. The Labute approximate surface area is 95.6 Å². The van der Waals surface area contributed by atoms with Gasteiger partial charge in [-0.2, -0.15) is 0 Å². The van der Waals surface area contributed by atoms with Crippen LogP contribution in [0, 0.1) is 5.82 Å².